The summed E-state index contributed by atoms with van der Waals surface area (Å²) in [6.45, 7) is 2.33. The molecule has 0 aliphatic carbocycles. The van der Waals surface area contributed by atoms with Crippen LogP contribution in [0.5, 0.6) is 0 Å². The SMILES string of the molecule is CC1OCCC1C(=O)Nc1c(Cl)cc(S(N)(=O)=O)cc1Cl. The van der Waals surface area contributed by atoms with Crippen molar-refractivity contribution in [1.29, 1.82) is 0 Å². The lowest BCUT2D eigenvalue weighted by Crippen LogP contribution is -2.28. The zero-order valence-corrected chi connectivity index (χ0v) is 13.4. The number of hydrogen-bond donors (Lipinski definition) is 2. The lowest BCUT2D eigenvalue weighted by Gasteiger charge is -2.16. The van der Waals surface area contributed by atoms with Gasteiger partial charge in [0, 0.05) is 6.61 Å². The molecule has 9 heteroatoms. The van der Waals surface area contributed by atoms with Crippen LogP contribution in [0, 0.1) is 5.92 Å². The van der Waals surface area contributed by atoms with Crippen molar-refractivity contribution in [2.75, 3.05) is 11.9 Å². The Bertz CT molecular complexity index is 655. The number of ether oxygens (including phenoxy) is 1. The summed E-state index contributed by atoms with van der Waals surface area (Å²) in [5.74, 6) is -0.567. The van der Waals surface area contributed by atoms with Gasteiger partial charge >= 0.3 is 0 Å². The molecule has 1 aromatic carbocycles. The van der Waals surface area contributed by atoms with E-state index in [9.17, 15) is 13.2 Å². The van der Waals surface area contributed by atoms with Crippen LogP contribution in [0.4, 0.5) is 5.69 Å². The van der Waals surface area contributed by atoms with Crippen molar-refractivity contribution in [1.82, 2.24) is 0 Å². The van der Waals surface area contributed by atoms with Crippen LogP contribution in [0.1, 0.15) is 13.3 Å². The zero-order valence-electron chi connectivity index (χ0n) is 11.1. The van der Waals surface area contributed by atoms with Gasteiger partial charge < -0.3 is 10.1 Å². The molecule has 2 rings (SSSR count). The molecular formula is C12H14Cl2N2O4S. The molecule has 0 saturated carbocycles. The Hall–Kier alpha value is -0.860. The second-order valence-corrected chi connectivity index (χ2v) is 7.14. The van der Waals surface area contributed by atoms with Gasteiger partial charge in [0.05, 0.1) is 32.7 Å². The van der Waals surface area contributed by atoms with E-state index in [2.05, 4.69) is 5.32 Å². The first kappa shape index (κ1) is 16.5. The van der Waals surface area contributed by atoms with Crippen LogP contribution in [0.25, 0.3) is 0 Å². The maximum Gasteiger partial charge on any atom is 0.238 e. The van der Waals surface area contributed by atoms with Gasteiger partial charge in [-0.25, -0.2) is 13.6 Å². The number of sulfonamides is 1. The molecular weight excluding hydrogens is 339 g/mol. The summed E-state index contributed by atoms with van der Waals surface area (Å²) in [5, 5.41) is 7.64. The fourth-order valence-corrected chi connectivity index (χ4v) is 3.40. The molecule has 1 aromatic rings. The average Bonchev–Trinajstić information content (AvgIpc) is 2.78. The Morgan fingerprint density at radius 3 is 2.38 bits per heavy atom. The second-order valence-electron chi connectivity index (χ2n) is 4.77. The fraction of sp³-hybridized carbons (Fsp3) is 0.417. The van der Waals surface area contributed by atoms with Crippen molar-refractivity contribution in [2.24, 2.45) is 11.1 Å². The molecule has 0 spiro atoms. The van der Waals surface area contributed by atoms with E-state index >= 15 is 0 Å². The lowest BCUT2D eigenvalue weighted by atomic mass is 10.0. The van der Waals surface area contributed by atoms with Crippen molar-refractivity contribution in [3.8, 4) is 0 Å². The molecule has 1 fully saturated rings. The minimum Gasteiger partial charge on any atom is -0.378 e. The van der Waals surface area contributed by atoms with Crippen LogP contribution in [0.3, 0.4) is 0 Å². The predicted molar refractivity (Wildman–Crippen MR) is 80.0 cm³/mol. The number of anilines is 1. The smallest absolute Gasteiger partial charge is 0.238 e. The van der Waals surface area contributed by atoms with Crippen molar-refractivity contribution >= 4 is 44.8 Å². The quantitative estimate of drug-likeness (QED) is 0.868. The topological polar surface area (TPSA) is 98.5 Å². The van der Waals surface area contributed by atoms with E-state index < -0.39 is 10.0 Å². The number of carbonyl (C=O) groups is 1. The van der Waals surface area contributed by atoms with Gasteiger partial charge in [0.2, 0.25) is 15.9 Å². The molecule has 6 nitrogen and oxygen atoms in total. The number of carbonyl (C=O) groups excluding carboxylic acids is 1. The third kappa shape index (κ3) is 3.67. The van der Waals surface area contributed by atoms with E-state index in [-0.39, 0.29) is 38.6 Å². The largest absolute Gasteiger partial charge is 0.378 e. The maximum atomic E-state index is 12.2. The van der Waals surface area contributed by atoms with E-state index in [1.165, 1.54) is 0 Å². The Morgan fingerprint density at radius 2 is 1.95 bits per heavy atom. The average molecular weight is 353 g/mol. The molecule has 0 radical (unpaired) electrons. The van der Waals surface area contributed by atoms with Gasteiger partial charge in [-0.15, -0.1) is 0 Å². The van der Waals surface area contributed by atoms with Crippen LogP contribution < -0.4 is 10.5 Å². The van der Waals surface area contributed by atoms with E-state index in [1.807, 2.05) is 6.92 Å². The van der Waals surface area contributed by atoms with Crippen molar-refractivity contribution in [3.63, 3.8) is 0 Å². The van der Waals surface area contributed by atoms with Crippen LogP contribution in [0.15, 0.2) is 17.0 Å². The molecule has 0 aromatic heterocycles. The number of nitrogens with two attached hydrogens (primary N) is 1. The van der Waals surface area contributed by atoms with Gasteiger partial charge in [0.25, 0.3) is 0 Å². The summed E-state index contributed by atoms with van der Waals surface area (Å²) in [4.78, 5) is 11.9. The molecule has 1 aliphatic rings. The fourth-order valence-electron chi connectivity index (χ4n) is 2.13. The Labute approximate surface area is 132 Å². The van der Waals surface area contributed by atoms with E-state index in [4.69, 9.17) is 33.1 Å². The summed E-state index contributed by atoms with van der Waals surface area (Å²) in [6, 6.07) is 2.29. The summed E-state index contributed by atoms with van der Waals surface area (Å²) >= 11 is 12.0. The number of hydrogen-bond acceptors (Lipinski definition) is 4. The van der Waals surface area contributed by atoms with Crippen molar-refractivity contribution < 1.29 is 17.9 Å². The van der Waals surface area contributed by atoms with Crippen molar-refractivity contribution in [2.45, 2.75) is 24.3 Å². The first-order chi connectivity index (χ1) is 9.70. The highest BCUT2D eigenvalue weighted by Crippen LogP contribution is 2.34. The molecule has 0 bridgehead atoms. The van der Waals surface area contributed by atoms with Gasteiger partial charge in [-0.3, -0.25) is 4.79 Å². The summed E-state index contributed by atoms with van der Waals surface area (Å²) < 4.78 is 27.9. The zero-order chi connectivity index (χ0) is 15.8. The van der Waals surface area contributed by atoms with Gasteiger partial charge in [-0.05, 0) is 25.5 Å². The number of primary sulfonamides is 1. The van der Waals surface area contributed by atoms with Gasteiger partial charge in [-0.2, -0.15) is 0 Å². The molecule has 116 valence electrons. The molecule has 1 amide bonds. The number of nitrogens with one attached hydrogen (secondary N) is 1. The predicted octanol–water partition coefficient (Wildman–Crippen LogP) is 2.00. The standard InChI is InChI=1S/C12H14Cl2N2O4S/c1-6-8(2-3-20-6)12(17)16-11-9(13)4-7(5-10(11)14)21(15,18)19/h4-6,8H,2-3H2,1H3,(H,16,17)(H2,15,18,19). The summed E-state index contributed by atoms with van der Waals surface area (Å²) in [7, 11) is -3.92. The molecule has 1 aliphatic heterocycles. The molecule has 3 N–H and O–H groups in total. The first-order valence-electron chi connectivity index (χ1n) is 6.14. The summed E-state index contributed by atoms with van der Waals surface area (Å²) in [6.07, 6.45) is 0.420. The van der Waals surface area contributed by atoms with E-state index in [0.29, 0.717) is 13.0 Å². The highest BCUT2D eigenvalue weighted by Gasteiger charge is 2.31. The number of amides is 1. The first-order valence-corrected chi connectivity index (χ1v) is 8.44. The lowest BCUT2D eigenvalue weighted by molar-refractivity contribution is -0.121. The van der Waals surface area contributed by atoms with Gasteiger partial charge in [0.15, 0.2) is 0 Å². The Kier molecular flexibility index (Phi) is 4.79. The monoisotopic (exact) mass is 352 g/mol. The second kappa shape index (κ2) is 6.10. The summed E-state index contributed by atoms with van der Waals surface area (Å²) in [5.41, 5.74) is 0.162. The highest BCUT2D eigenvalue weighted by atomic mass is 35.5. The third-order valence-corrected chi connectivity index (χ3v) is 4.79. The molecule has 21 heavy (non-hydrogen) atoms. The van der Waals surface area contributed by atoms with E-state index in [1.54, 1.807) is 0 Å². The maximum absolute atomic E-state index is 12.2. The molecule has 1 heterocycles. The number of rotatable bonds is 3. The normalized spacial score (nSPS) is 22.3. The number of halogens is 2. The molecule has 1 saturated heterocycles. The third-order valence-electron chi connectivity index (χ3n) is 3.31. The Morgan fingerprint density at radius 1 is 1.38 bits per heavy atom. The van der Waals surface area contributed by atoms with E-state index in [0.717, 1.165) is 12.1 Å². The molecule has 2 unspecified atom stereocenters. The van der Waals surface area contributed by atoms with Crippen LogP contribution >= 0.6 is 23.2 Å². The van der Waals surface area contributed by atoms with Crippen LogP contribution in [0.2, 0.25) is 10.0 Å². The van der Waals surface area contributed by atoms with Crippen LogP contribution in [-0.2, 0) is 19.6 Å². The highest BCUT2D eigenvalue weighted by molar-refractivity contribution is 7.89. The van der Waals surface area contributed by atoms with Gasteiger partial charge in [0.1, 0.15) is 0 Å². The molecule has 2 atom stereocenters. The van der Waals surface area contributed by atoms with Crippen molar-refractivity contribution in [3.05, 3.63) is 22.2 Å². The van der Waals surface area contributed by atoms with Crippen LogP contribution in [-0.4, -0.2) is 27.0 Å². The van der Waals surface area contributed by atoms with Gasteiger partial charge in [-0.1, -0.05) is 23.2 Å². The Balaban J connectivity index is 2.27. The minimum absolute atomic E-state index is 0.00597. The minimum atomic E-state index is -3.92. The number of benzene rings is 1.